The lowest BCUT2D eigenvalue weighted by Crippen LogP contribution is -2.29. The van der Waals surface area contributed by atoms with E-state index in [1.807, 2.05) is 0 Å². The lowest BCUT2D eigenvalue weighted by atomic mass is 10.3. The van der Waals surface area contributed by atoms with Gasteiger partial charge in [0.2, 0.25) is 0 Å². The molecular formula is C11H26N2O2S. The molecule has 0 rings (SSSR count). The second-order valence-electron chi connectivity index (χ2n) is 4.07. The number of nitrogens with zero attached hydrogens (tertiary/aromatic N) is 1. The Morgan fingerprint density at radius 1 is 1.06 bits per heavy atom. The van der Waals surface area contributed by atoms with Crippen molar-refractivity contribution in [1.82, 2.24) is 4.90 Å². The standard InChI is InChI=1S/C11H26N2O2S/c1-3-8-13(9-5-7-12)10-6-11-16(14,15)4-2/h3-12H2,1-2H3. The van der Waals surface area contributed by atoms with Gasteiger partial charge >= 0.3 is 0 Å². The van der Waals surface area contributed by atoms with Crippen molar-refractivity contribution < 1.29 is 8.42 Å². The lowest BCUT2D eigenvalue weighted by molar-refractivity contribution is 0.273. The zero-order valence-electron chi connectivity index (χ0n) is 10.6. The predicted octanol–water partition coefficient (Wildman–Crippen LogP) is 0.872. The molecule has 0 radical (unpaired) electrons. The van der Waals surface area contributed by atoms with Crippen LogP contribution in [0.5, 0.6) is 0 Å². The first-order valence-electron chi connectivity index (χ1n) is 6.18. The maximum Gasteiger partial charge on any atom is 0.150 e. The van der Waals surface area contributed by atoms with Gasteiger partial charge in [0, 0.05) is 5.75 Å². The molecule has 0 heterocycles. The van der Waals surface area contributed by atoms with Crippen molar-refractivity contribution in [1.29, 1.82) is 0 Å². The van der Waals surface area contributed by atoms with E-state index in [0.717, 1.165) is 38.9 Å². The summed E-state index contributed by atoms with van der Waals surface area (Å²) in [5.74, 6) is 0.565. The summed E-state index contributed by atoms with van der Waals surface area (Å²) < 4.78 is 22.6. The van der Waals surface area contributed by atoms with Crippen LogP contribution in [-0.2, 0) is 9.84 Å². The highest BCUT2D eigenvalue weighted by molar-refractivity contribution is 7.91. The Morgan fingerprint density at radius 2 is 1.69 bits per heavy atom. The summed E-state index contributed by atoms with van der Waals surface area (Å²) in [6.45, 7) is 7.43. The molecule has 4 nitrogen and oxygen atoms in total. The first-order valence-corrected chi connectivity index (χ1v) is 8.00. The highest BCUT2D eigenvalue weighted by Crippen LogP contribution is 1.99. The molecule has 0 fully saturated rings. The van der Waals surface area contributed by atoms with Gasteiger partial charge in [0.1, 0.15) is 9.84 Å². The maximum atomic E-state index is 11.3. The van der Waals surface area contributed by atoms with Crippen LogP contribution in [-0.4, -0.2) is 51.0 Å². The Bertz CT molecular complexity index is 253. The highest BCUT2D eigenvalue weighted by Gasteiger charge is 2.09. The predicted molar refractivity (Wildman–Crippen MR) is 69.3 cm³/mol. The molecule has 0 aromatic heterocycles. The van der Waals surface area contributed by atoms with E-state index in [1.165, 1.54) is 0 Å². The third-order valence-corrected chi connectivity index (χ3v) is 4.38. The van der Waals surface area contributed by atoms with Crippen molar-refractivity contribution in [2.24, 2.45) is 5.73 Å². The summed E-state index contributed by atoms with van der Waals surface area (Å²) in [4.78, 5) is 2.30. The van der Waals surface area contributed by atoms with E-state index in [9.17, 15) is 8.42 Å². The fourth-order valence-corrected chi connectivity index (χ4v) is 2.48. The first kappa shape index (κ1) is 15.9. The van der Waals surface area contributed by atoms with Crippen LogP contribution in [0.25, 0.3) is 0 Å². The van der Waals surface area contributed by atoms with E-state index < -0.39 is 9.84 Å². The van der Waals surface area contributed by atoms with Crippen LogP contribution in [0.1, 0.15) is 33.1 Å². The second-order valence-corrected chi connectivity index (χ2v) is 6.55. The van der Waals surface area contributed by atoms with Crippen LogP contribution in [0.3, 0.4) is 0 Å². The second kappa shape index (κ2) is 8.96. The van der Waals surface area contributed by atoms with Crippen molar-refractivity contribution >= 4 is 9.84 Å². The Kier molecular flexibility index (Phi) is 8.89. The minimum atomic E-state index is -2.80. The van der Waals surface area contributed by atoms with Gasteiger partial charge in [0.15, 0.2) is 0 Å². The summed E-state index contributed by atoms with van der Waals surface area (Å²) in [7, 11) is -2.80. The molecule has 0 aromatic carbocycles. The largest absolute Gasteiger partial charge is 0.330 e. The topological polar surface area (TPSA) is 63.4 Å². The average molecular weight is 250 g/mol. The molecule has 0 aliphatic rings. The summed E-state index contributed by atoms with van der Waals surface area (Å²) in [6, 6.07) is 0. The zero-order chi connectivity index (χ0) is 12.4. The molecule has 0 aliphatic carbocycles. The van der Waals surface area contributed by atoms with E-state index in [0.29, 0.717) is 12.3 Å². The number of hydrogen-bond acceptors (Lipinski definition) is 4. The van der Waals surface area contributed by atoms with Gasteiger partial charge in [-0.25, -0.2) is 8.42 Å². The monoisotopic (exact) mass is 250 g/mol. The van der Waals surface area contributed by atoms with Crippen molar-refractivity contribution in [3.05, 3.63) is 0 Å². The van der Waals surface area contributed by atoms with Gasteiger partial charge in [-0.15, -0.1) is 0 Å². The van der Waals surface area contributed by atoms with E-state index in [-0.39, 0.29) is 5.75 Å². The number of sulfone groups is 1. The molecule has 2 N–H and O–H groups in total. The fraction of sp³-hybridized carbons (Fsp3) is 1.00. The lowest BCUT2D eigenvalue weighted by Gasteiger charge is -2.21. The van der Waals surface area contributed by atoms with Crippen LogP contribution in [0.4, 0.5) is 0 Å². The van der Waals surface area contributed by atoms with Crippen LogP contribution < -0.4 is 5.73 Å². The Morgan fingerprint density at radius 3 is 2.19 bits per heavy atom. The van der Waals surface area contributed by atoms with E-state index in [4.69, 9.17) is 5.73 Å². The molecule has 0 amide bonds. The third kappa shape index (κ3) is 8.07. The average Bonchev–Trinajstić information content (AvgIpc) is 2.25. The molecule has 0 atom stereocenters. The number of nitrogens with two attached hydrogens (primary N) is 1. The molecule has 16 heavy (non-hydrogen) atoms. The summed E-state index contributed by atoms with van der Waals surface area (Å²) >= 11 is 0. The highest BCUT2D eigenvalue weighted by atomic mass is 32.2. The van der Waals surface area contributed by atoms with Crippen LogP contribution in [0.15, 0.2) is 0 Å². The summed E-state index contributed by atoms with van der Waals surface area (Å²) in [5.41, 5.74) is 5.47. The smallest absolute Gasteiger partial charge is 0.150 e. The van der Waals surface area contributed by atoms with Gasteiger partial charge in [-0.3, -0.25) is 0 Å². The molecule has 0 aromatic rings. The molecule has 0 unspecified atom stereocenters. The molecule has 0 bridgehead atoms. The summed E-state index contributed by atoms with van der Waals surface area (Å²) in [6.07, 6.45) is 2.83. The van der Waals surface area contributed by atoms with Gasteiger partial charge in [-0.05, 0) is 45.4 Å². The van der Waals surface area contributed by atoms with E-state index in [2.05, 4.69) is 11.8 Å². The molecule has 0 spiro atoms. The quantitative estimate of drug-likeness (QED) is 0.625. The summed E-state index contributed by atoms with van der Waals surface area (Å²) in [5, 5.41) is 0. The molecule has 5 heteroatoms. The molecule has 0 saturated carbocycles. The van der Waals surface area contributed by atoms with Crippen molar-refractivity contribution in [2.45, 2.75) is 33.1 Å². The van der Waals surface area contributed by atoms with Crippen LogP contribution in [0.2, 0.25) is 0 Å². The van der Waals surface area contributed by atoms with Gasteiger partial charge < -0.3 is 10.6 Å². The van der Waals surface area contributed by atoms with Gasteiger partial charge in [-0.1, -0.05) is 13.8 Å². The Hall–Kier alpha value is -0.130. The van der Waals surface area contributed by atoms with E-state index >= 15 is 0 Å². The molecule has 0 saturated heterocycles. The van der Waals surface area contributed by atoms with Crippen LogP contribution in [0, 0.1) is 0 Å². The van der Waals surface area contributed by atoms with Gasteiger partial charge in [0.05, 0.1) is 5.75 Å². The minimum absolute atomic E-state index is 0.254. The Balaban J connectivity index is 3.83. The zero-order valence-corrected chi connectivity index (χ0v) is 11.4. The third-order valence-electron chi connectivity index (χ3n) is 2.59. The number of rotatable bonds is 10. The van der Waals surface area contributed by atoms with Gasteiger partial charge in [-0.2, -0.15) is 0 Å². The first-order chi connectivity index (χ1) is 7.55. The maximum absolute atomic E-state index is 11.3. The van der Waals surface area contributed by atoms with Crippen molar-refractivity contribution in [3.8, 4) is 0 Å². The van der Waals surface area contributed by atoms with Crippen molar-refractivity contribution in [3.63, 3.8) is 0 Å². The van der Waals surface area contributed by atoms with Crippen molar-refractivity contribution in [2.75, 3.05) is 37.7 Å². The van der Waals surface area contributed by atoms with E-state index in [1.54, 1.807) is 6.92 Å². The van der Waals surface area contributed by atoms with Gasteiger partial charge in [0.25, 0.3) is 0 Å². The molecule has 0 aliphatic heterocycles. The SMILES string of the molecule is CCCN(CCCN)CCCS(=O)(=O)CC. The van der Waals surface area contributed by atoms with Crippen LogP contribution >= 0.6 is 0 Å². The normalized spacial score (nSPS) is 12.2. The minimum Gasteiger partial charge on any atom is -0.330 e. The molecule has 98 valence electrons. The Labute approximate surface area is 100 Å². The fourth-order valence-electron chi connectivity index (χ4n) is 1.62. The molecular weight excluding hydrogens is 224 g/mol. The number of hydrogen-bond donors (Lipinski definition) is 1.